The summed E-state index contributed by atoms with van der Waals surface area (Å²) in [7, 11) is 1.59. The highest BCUT2D eigenvalue weighted by Crippen LogP contribution is 2.23. The summed E-state index contributed by atoms with van der Waals surface area (Å²) >= 11 is 5.88. The number of ether oxygens (including phenoxy) is 1. The first kappa shape index (κ1) is 12.9. The molecule has 0 aromatic carbocycles. The summed E-state index contributed by atoms with van der Waals surface area (Å²) < 4.78 is 5.32. The van der Waals surface area contributed by atoms with Gasteiger partial charge in [0.2, 0.25) is 5.91 Å². The lowest BCUT2D eigenvalue weighted by Gasteiger charge is -2.35. The van der Waals surface area contributed by atoms with E-state index in [-0.39, 0.29) is 5.91 Å². The molecule has 2 heterocycles. The molecule has 1 atom stereocenters. The Bertz CT molecular complexity index is 434. The van der Waals surface area contributed by atoms with Crippen LogP contribution in [0.3, 0.4) is 0 Å². The number of nitrogens with one attached hydrogen (secondary N) is 1. The van der Waals surface area contributed by atoms with Crippen molar-refractivity contribution in [3.63, 3.8) is 0 Å². The smallest absolute Gasteiger partial charge is 0.244 e. The van der Waals surface area contributed by atoms with E-state index in [4.69, 9.17) is 22.1 Å². The van der Waals surface area contributed by atoms with Gasteiger partial charge in [0.05, 0.1) is 13.2 Å². The lowest BCUT2D eigenvalue weighted by atomic mass is 10.2. The van der Waals surface area contributed by atoms with Crippen molar-refractivity contribution < 1.29 is 9.53 Å². The third-order valence-electron chi connectivity index (χ3n) is 2.77. The van der Waals surface area contributed by atoms with E-state index < -0.39 is 6.04 Å². The maximum atomic E-state index is 11.8. The molecule has 0 bridgehead atoms. The molecule has 1 aromatic rings. The Kier molecular flexibility index (Phi) is 3.88. The lowest BCUT2D eigenvalue weighted by molar-refractivity contribution is -0.124. The molecule has 0 radical (unpaired) electrons. The molecule has 1 fully saturated rings. The fourth-order valence-electron chi connectivity index (χ4n) is 1.91. The Morgan fingerprint density at radius 1 is 1.67 bits per heavy atom. The Balaban J connectivity index is 2.30. The van der Waals surface area contributed by atoms with E-state index in [0.717, 1.165) is 0 Å². The fraction of sp³-hybridized carbons (Fsp3) is 0.455. The van der Waals surface area contributed by atoms with Crippen LogP contribution >= 0.6 is 11.6 Å². The highest BCUT2D eigenvalue weighted by molar-refractivity contribution is 6.29. The van der Waals surface area contributed by atoms with Gasteiger partial charge in [0, 0.05) is 25.3 Å². The van der Waals surface area contributed by atoms with Crippen molar-refractivity contribution in [2.45, 2.75) is 6.04 Å². The van der Waals surface area contributed by atoms with Crippen LogP contribution in [0.15, 0.2) is 12.1 Å². The maximum Gasteiger partial charge on any atom is 0.244 e. The second kappa shape index (κ2) is 5.41. The number of hydrogen-bond donors (Lipinski definition) is 2. The molecule has 2 rings (SSSR count). The van der Waals surface area contributed by atoms with E-state index in [1.807, 2.05) is 4.90 Å². The van der Waals surface area contributed by atoms with Gasteiger partial charge >= 0.3 is 0 Å². The third kappa shape index (κ3) is 2.65. The number of rotatable bonds is 2. The van der Waals surface area contributed by atoms with E-state index in [9.17, 15) is 4.79 Å². The molecule has 1 aliphatic heterocycles. The zero-order chi connectivity index (χ0) is 13.1. The highest BCUT2D eigenvalue weighted by atomic mass is 35.5. The molecule has 1 aromatic heterocycles. The number of pyridine rings is 1. The van der Waals surface area contributed by atoms with Crippen LogP contribution in [0.25, 0.3) is 0 Å². The van der Waals surface area contributed by atoms with Crippen LogP contribution in [0.5, 0.6) is 0 Å². The number of halogens is 1. The van der Waals surface area contributed by atoms with Gasteiger partial charge < -0.3 is 20.7 Å². The van der Waals surface area contributed by atoms with Crippen molar-refractivity contribution in [1.29, 1.82) is 0 Å². The molecule has 1 aliphatic rings. The minimum atomic E-state index is -0.408. The van der Waals surface area contributed by atoms with E-state index in [1.54, 1.807) is 19.2 Å². The molecule has 3 N–H and O–H groups in total. The quantitative estimate of drug-likeness (QED) is 0.754. The molecule has 18 heavy (non-hydrogen) atoms. The van der Waals surface area contributed by atoms with Crippen LogP contribution in [0.1, 0.15) is 0 Å². The average molecular weight is 271 g/mol. The van der Waals surface area contributed by atoms with Crippen LogP contribution in [0, 0.1) is 0 Å². The van der Waals surface area contributed by atoms with E-state index in [0.29, 0.717) is 36.4 Å². The summed E-state index contributed by atoms with van der Waals surface area (Å²) in [6.07, 6.45) is 0. The Morgan fingerprint density at radius 2 is 2.44 bits per heavy atom. The van der Waals surface area contributed by atoms with Gasteiger partial charge in [-0.05, 0) is 6.07 Å². The summed E-state index contributed by atoms with van der Waals surface area (Å²) in [5, 5.41) is 2.92. The Labute approximate surface area is 110 Å². The predicted octanol–water partition coefficient (Wildman–Crippen LogP) is 0.268. The molecule has 98 valence electrons. The minimum absolute atomic E-state index is 0.116. The summed E-state index contributed by atoms with van der Waals surface area (Å²) in [4.78, 5) is 17.8. The molecular weight excluding hydrogens is 256 g/mol. The number of amides is 1. The van der Waals surface area contributed by atoms with Gasteiger partial charge in [-0.2, -0.15) is 0 Å². The number of aromatic nitrogens is 1. The second-order valence-electron chi connectivity index (χ2n) is 3.98. The van der Waals surface area contributed by atoms with Gasteiger partial charge in [-0.15, -0.1) is 0 Å². The minimum Gasteiger partial charge on any atom is -0.399 e. The zero-order valence-electron chi connectivity index (χ0n) is 10.0. The zero-order valence-corrected chi connectivity index (χ0v) is 10.8. The molecule has 0 spiro atoms. The first-order valence-electron chi connectivity index (χ1n) is 5.61. The SMILES string of the molecule is CNC(=O)C1COCCN1c1cc(N)cc(Cl)n1. The molecule has 7 heteroatoms. The van der Waals surface area contributed by atoms with Crippen LogP contribution in [-0.2, 0) is 9.53 Å². The van der Waals surface area contributed by atoms with Crippen molar-refractivity contribution in [3.05, 3.63) is 17.3 Å². The number of nitrogen functional groups attached to an aromatic ring is 1. The number of nitrogens with two attached hydrogens (primary N) is 1. The molecule has 1 saturated heterocycles. The number of hydrogen-bond acceptors (Lipinski definition) is 5. The topological polar surface area (TPSA) is 80.5 Å². The monoisotopic (exact) mass is 270 g/mol. The van der Waals surface area contributed by atoms with Crippen LogP contribution < -0.4 is 16.0 Å². The second-order valence-corrected chi connectivity index (χ2v) is 4.37. The first-order chi connectivity index (χ1) is 8.61. The van der Waals surface area contributed by atoms with Gasteiger partial charge in [0.1, 0.15) is 17.0 Å². The van der Waals surface area contributed by atoms with Crippen molar-refractivity contribution >= 4 is 29.0 Å². The van der Waals surface area contributed by atoms with Crippen molar-refractivity contribution in [1.82, 2.24) is 10.3 Å². The number of nitrogens with zero attached hydrogens (tertiary/aromatic N) is 2. The molecule has 0 aliphatic carbocycles. The molecule has 1 unspecified atom stereocenters. The normalized spacial score (nSPS) is 19.7. The summed E-state index contributed by atoms with van der Waals surface area (Å²) in [6.45, 7) is 1.44. The van der Waals surface area contributed by atoms with Crippen molar-refractivity contribution in [2.75, 3.05) is 37.4 Å². The number of anilines is 2. The van der Waals surface area contributed by atoms with E-state index >= 15 is 0 Å². The van der Waals surface area contributed by atoms with Gasteiger partial charge in [-0.25, -0.2) is 4.98 Å². The number of carbonyl (C=O) groups is 1. The highest BCUT2D eigenvalue weighted by Gasteiger charge is 2.30. The van der Waals surface area contributed by atoms with Crippen molar-refractivity contribution in [3.8, 4) is 0 Å². The van der Waals surface area contributed by atoms with Gasteiger partial charge in [0.25, 0.3) is 0 Å². The Morgan fingerprint density at radius 3 is 3.11 bits per heavy atom. The molecule has 1 amide bonds. The summed E-state index contributed by atoms with van der Waals surface area (Å²) in [5.74, 6) is 0.479. The molecular formula is C11H15ClN4O2. The number of carbonyl (C=O) groups excluding carboxylic acids is 1. The fourth-order valence-corrected chi connectivity index (χ4v) is 2.12. The standard InChI is InChI=1S/C11H15ClN4O2/c1-14-11(17)8-6-18-3-2-16(8)10-5-7(13)4-9(12)15-10/h4-5,8H,2-3,6H2,1H3,(H2,13,15)(H,14,17). The number of likely N-dealkylation sites (N-methyl/N-ethyl adjacent to an activating group) is 1. The van der Waals surface area contributed by atoms with Gasteiger partial charge in [-0.1, -0.05) is 11.6 Å². The summed E-state index contributed by atoms with van der Waals surface area (Å²) in [5.41, 5.74) is 6.26. The Hall–Kier alpha value is -1.53. The number of morpholine rings is 1. The predicted molar refractivity (Wildman–Crippen MR) is 69.7 cm³/mol. The van der Waals surface area contributed by atoms with Crippen molar-refractivity contribution in [2.24, 2.45) is 0 Å². The lowest BCUT2D eigenvalue weighted by Crippen LogP contribution is -2.53. The van der Waals surface area contributed by atoms with Crippen LogP contribution in [0.2, 0.25) is 5.15 Å². The molecule has 6 nitrogen and oxygen atoms in total. The van der Waals surface area contributed by atoms with Crippen LogP contribution in [-0.4, -0.2) is 43.7 Å². The summed E-state index contributed by atoms with van der Waals surface area (Å²) in [6, 6.07) is 2.86. The van der Waals surface area contributed by atoms with E-state index in [1.165, 1.54) is 0 Å². The van der Waals surface area contributed by atoms with Crippen LogP contribution in [0.4, 0.5) is 11.5 Å². The third-order valence-corrected chi connectivity index (χ3v) is 2.97. The average Bonchev–Trinajstić information content (AvgIpc) is 2.36. The van der Waals surface area contributed by atoms with Gasteiger partial charge in [-0.3, -0.25) is 4.79 Å². The first-order valence-corrected chi connectivity index (χ1v) is 5.98. The molecule has 0 saturated carbocycles. The van der Waals surface area contributed by atoms with Gasteiger partial charge in [0.15, 0.2) is 0 Å². The van der Waals surface area contributed by atoms with E-state index in [2.05, 4.69) is 10.3 Å². The maximum absolute atomic E-state index is 11.8. The largest absolute Gasteiger partial charge is 0.399 e.